The third-order valence-corrected chi connectivity index (χ3v) is 5.00. The number of nitrogens with zero attached hydrogens (tertiary/aromatic N) is 7. The minimum Gasteiger partial charge on any atom is -0.394 e. The molecule has 1 N–H and O–H groups in total. The Hall–Kier alpha value is -2.48. The number of aliphatic hydroxyl groups is 1. The minimum atomic E-state index is 0.177. The molecule has 132 valence electrons. The molecule has 2 aromatic heterocycles. The molecule has 4 rings (SSSR count). The van der Waals surface area contributed by atoms with E-state index in [0.717, 1.165) is 63.0 Å². The lowest BCUT2D eigenvalue weighted by atomic mass is 10.2. The SMILES string of the molecule is OCC1CCCN1c1cc(N2CCN(c3cnccn3)CC2)ncn1. The molecule has 8 heteroatoms. The summed E-state index contributed by atoms with van der Waals surface area (Å²) in [5, 5.41) is 9.54. The van der Waals surface area contributed by atoms with Gasteiger partial charge in [0.2, 0.25) is 0 Å². The first kappa shape index (κ1) is 16.0. The van der Waals surface area contributed by atoms with E-state index in [1.165, 1.54) is 0 Å². The van der Waals surface area contributed by atoms with Gasteiger partial charge in [0.15, 0.2) is 0 Å². The van der Waals surface area contributed by atoms with Crippen LogP contribution in [0.5, 0.6) is 0 Å². The van der Waals surface area contributed by atoms with Crippen LogP contribution >= 0.6 is 0 Å². The van der Waals surface area contributed by atoms with Crippen molar-refractivity contribution in [3.8, 4) is 0 Å². The summed E-state index contributed by atoms with van der Waals surface area (Å²) in [5.41, 5.74) is 0. The smallest absolute Gasteiger partial charge is 0.147 e. The minimum absolute atomic E-state index is 0.177. The quantitative estimate of drug-likeness (QED) is 0.864. The van der Waals surface area contributed by atoms with Crippen molar-refractivity contribution in [3.63, 3.8) is 0 Å². The number of hydrogen-bond donors (Lipinski definition) is 1. The molecule has 8 nitrogen and oxygen atoms in total. The fraction of sp³-hybridized carbons (Fsp3) is 0.529. The van der Waals surface area contributed by atoms with Gasteiger partial charge in [0.25, 0.3) is 0 Å². The van der Waals surface area contributed by atoms with Crippen LogP contribution in [0.15, 0.2) is 31.0 Å². The van der Waals surface area contributed by atoms with Crippen LogP contribution in [-0.4, -0.2) is 70.4 Å². The van der Waals surface area contributed by atoms with Crippen molar-refractivity contribution >= 4 is 17.5 Å². The standard InChI is InChI=1S/C17H23N7O/c25-12-14-2-1-5-24(14)16-10-15(20-13-21-16)22-6-8-23(9-7-22)17-11-18-3-4-19-17/h3-4,10-11,13-14,25H,1-2,5-9,12H2. The van der Waals surface area contributed by atoms with Gasteiger partial charge in [0, 0.05) is 51.2 Å². The van der Waals surface area contributed by atoms with Crippen LogP contribution < -0.4 is 14.7 Å². The number of rotatable bonds is 4. The molecule has 0 aromatic carbocycles. The van der Waals surface area contributed by atoms with Crippen LogP contribution in [0.2, 0.25) is 0 Å². The summed E-state index contributed by atoms with van der Waals surface area (Å²) in [6, 6.07) is 2.22. The molecular weight excluding hydrogens is 318 g/mol. The van der Waals surface area contributed by atoms with Crippen LogP contribution in [0.25, 0.3) is 0 Å². The number of hydrogen-bond acceptors (Lipinski definition) is 8. The summed E-state index contributed by atoms with van der Waals surface area (Å²) in [6.07, 6.45) is 8.98. The highest BCUT2D eigenvalue weighted by atomic mass is 16.3. The van der Waals surface area contributed by atoms with Crippen molar-refractivity contribution in [2.75, 3.05) is 54.0 Å². The molecule has 2 aromatic rings. The number of anilines is 3. The molecule has 0 saturated carbocycles. The van der Waals surface area contributed by atoms with Crippen LogP contribution in [0.3, 0.4) is 0 Å². The van der Waals surface area contributed by atoms with E-state index in [2.05, 4.69) is 34.6 Å². The Bertz CT molecular complexity index is 690. The summed E-state index contributed by atoms with van der Waals surface area (Å²) in [6.45, 7) is 4.67. The predicted octanol–water partition coefficient (Wildman–Crippen LogP) is 0.554. The van der Waals surface area contributed by atoms with Gasteiger partial charge in [-0.05, 0) is 12.8 Å². The molecule has 0 bridgehead atoms. The maximum atomic E-state index is 9.54. The van der Waals surface area contributed by atoms with E-state index >= 15 is 0 Å². The average molecular weight is 341 g/mol. The Morgan fingerprint density at radius 3 is 2.40 bits per heavy atom. The van der Waals surface area contributed by atoms with E-state index in [1.54, 1.807) is 24.9 Å². The van der Waals surface area contributed by atoms with Gasteiger partial charge in [-0.2, -0.15) is 0 Å². The Labute approximate surface area is 147 Å². The highest BCUT2D eigenvalue weighted by molar-refractivity contribution is 5.52. The molecule has 25 heavy (non-hydrogen) atoms. The molecule has 2 fully saturated rings. The summed E-state index contributed by atoms with van der Waals surface area (Å²) in [7, 11) is 0. The van der Waals surface area contributed by atoms with Crippen LogP contribution in [0.1, 0.15) is 12.8 Å². The lowest BCUT2D eigenvalue weighted by Crippen LogP contribution is -2.47. The number of aliphatic hydroxyl groups excluding tert-OH is 1. The summed E-state index contributed by atoms with van der Waals surface area (Å²) in [5.74, 6) is 2.79. The molecule has 0 amide bonds. The fourth-order valence-corrected chi connectivity index (χ4v) is 3.61. The largest absolute Gasteiger partial charge is 0.394 e. The molecule has 0 spiro atoms. The fourth-order valence-electron chi connectivity index (χ4n) is 3.61. The van der Waals surface area contributed by atoms with E-state index in [1.807, 2.05) is 6.07 Å². The van der Waals surface area contributed by atoms with E-state index in [4.69, 9.17) is 0 Å². The summed E-state index contributed by atoms with van der Waals surface area (Å²) >= 11 is 0. The Morgan fingerprint density at radius 1 is 0.920 bits per heavy atom. The topological polar surface area (TPSA) is 81.5 Å². The zero-order valence-electron chi connectivity index (χ0n) is 14.2. The predicted molar refractivity (Wildman–Crippen MR) is 95.9 cm³/mol. The first-order valence-corrected chi connectivity index (χ1v) is 8.80. The Kier molecular flexibility index (Phi) is 4.60. The number of aromatic nitrogens is 4. The summed E-state index contributed by atoms with van der Waals surface area (Å²) < 4.78 is 0. The van der Waals surface area contributed by atoms with Crippen LogP contribution in [0, 0.1) is 0 Å². The van der Waals surface area contributed by atoms with Gasteiger partial charge in [-0.3, -0.25) is 4.98 Å². The lowest BCUT2D eigenvalue weighted by Gasteiger charge is -2.36. The average Bonchev–Trinajstić information content (AvgIpc) is 3.18. The Morgan fingerprint density at radius 2 is 1.68 bits per heavy atom. The van der Waals surface area contributed by atoms with Gasteiger partial charge >= 0.3 is 0 Å². The van der Waals surface area contributed by atoms with Crippen LogP contribution in [0.4, 0.5) is 17.5 Å². The molecule has 2 aliphatic rings. The van der Waals surface area contributed by atoms with Gasteiger partial charge in [-0.15, -0.1) is 0 Å². The van der Waals surface area contributed by atoms with Crippen molar-refractivity contribution in [3.05, 3.63) is 31.0 Å². The lowest BCUT2D eigenvalue weighted by molar-refractivity contribution is 0.266. The zero-order chi connectivity index (χ0) is 17.1. The van der Waals surface area contributed by atoms with Gasteiger partial charge < -0.3 is 19.8 Å². The second kappa shape index (κ2) is 7.18. The normalized spacial score (nSPS) is 21.0. The van der Waals surface area contributed by atoms with Crippen LogP contribution in [-0.2, 0) is 0 Å². The zero-order valence-corrected chi connectivity index (χ0v) is 14.2. The molecule has 0 aliphatic carbocycles. The molecule has 4 heterocycles. The molecule has 2 aliphatic heterocycles. The monoisotopic (exact) mass is 341 g/mol. The van der Waals surface area contributed by atoms with E-state index < -0.39 is 0 Å². The van der Waals surface area contributed by atoms with E-state index in [-0.39, 0.29) is 12.6 Å². The maximum Gasteiger partial charge on any atom is 0.147 e. The second-order valence-electron chi connectivity index (χ2n) is 6.44. The third kappa shape index (κ3) is 3.34. The molecular formula is C17H23N7O. The van der Waals surface area contributed by atoms with Gasteiger partial charge in [-0.25, -0.2) is 15.0 Å². The van der Waals surface area contributed by atoms with E-state index in [0.29, 0.717) is 0 Å². The number of piperazine rings is 1. The Balaban J connectivity index is 1.44. The van der Waals surface area contributed by atoms with Crippen molar-refractivity contribution in [1.82, 2.24) is 19.9 Å². The van der Waals surface area contributed by atoms with Crippen molar-refractivity contribution < 1.29 is 5.11 Å². The highest BCUT2D eigenvalue weighted by Gasteiger charge is 2.26. The summed E-state index contributed by atoms with van der Waals surface area (Å²) in [4.78, 5) is 24.1. The van der Waals surface area contributed by atoms with Crippen molar-refractivity contribution in [2.24, 2.45) is 0 Å². The van der Waals surface area contributed by atoms with Crippen molar-refractivity contribution in [1.29, 1.82) is 0 Å². The van der Waals surface area contributed by atoms with Gasteiger partial charge in [-0.1, -0.05) is 0 Å². The molecule has 0 radical (unpaired) electrons. The second-order valence-corrected chi connectivity index (χ2v) is 6.44. The van der Waals surface area contributed by atoms with Gasteiger partial charge in [0.05, 0.1) is 18.8 Å². The highest BCUT2D eigenvalue weighted by Crippen LogP contribution is 2.26. The van der Waals surface area contributed by atoms with Crippen molar-refractivity contribution in [2.45, 2.75) is 18.9 Å². The van der Waals surface area contributed by atoms with Gasteiger partial charge in [0.1, 0.15) is 23.8 Å². The third-order valence-electron chi connectivity index (χ3n) is 5.00. The first-order chi connectivity index (χ1) is 12.3. The van der Waals surface area contributed by atoms with E-state index in [9.17, 15) is 5.11 Å². The molecule has 2 saturated heterocycles. The molecule has 1 unspecified atom stereocenters. The maximum absolute atomic E-state index is 9.54. The first-order valence-electron chi connectivity index (χ1n) is 8.80. The molecule has 1 atom stereocenters.